The topological polar surface area (TPSA) is 81.4 Å². The number of hydrogen-bond donors (Lipinski definition) is 1. The van der Waals surface area contributed by atoms with Gasteiger partial charge < -0.3 is 4.74 Å². The molecule has 1 aromatic heterocycles. The second-order valence-corrected chi connectivity index (χ2v) is 10.0. The van der Waals surface area contributed by atoms with E-state index in [1.165, 1.54) is 24.6 Å². The molecule has 4 rings (SSSR count). The average Bonchev–Trinajstić information content (AvgIpc) is 3.36. The molecule has 190 valence electrons. The summed E-state index contributed by atoms with van der Waals surface area (Å²) in [5.41, 5.74) is 5.30. The Kier molecular flexibility index (Phi) is 9.90. The summed E-state index contributed by atoms with van der Waals surface area (Å²) in [6.07, 6.45) is 5.00. The van der Waals surface area contributed by atoms with Gasteiger partial charge in [-0.3, -0.25) is 9.36 Å². The zero-order chi connectivity index (χ0) is 25.9. The third-order valence-electron chi connectivity index (χ3n) is 5.38. The lowest BCUT2D eigenvalue weighted by atomic mass is 10.2. The first-order valence-corrected chi connectivity index (χ1v) is 13.9. The van der Waals surface area contributed by atoms with E-state index in [1.807, 2.05) is 83.4 Å². The highest BCUT2D eigenvalue weighted by molar-refractivity contribution is 9.10. The Morgan fingerprint density at radius 3 is 2.51 bits per heavy atom. The van der Waals surface area contributed by atoms with Crippen LogP contribution in [-0.2, 0) is 4.79 Å². The van der Waals surface area contributed by atoms with Gasteiger partial charge in [0.15, 0.2) is 11.0 Å². The van der Waals surface area contributed by atoms with E-state index in [0.29, 0.717) is 11.0 Å². The summed E-state index contributed by atoms with van der Waals surface area (Å²) in [7, 11) is 0. The molecule has 1 N–H and O–H groups in total. The number of halogens is 1. The van der Waals surface area contributed by atoms with Gasteiger partial charge in [-0.15, -0.1) is 10.2 Å². The van der Waals surface area contributed by atoms with Crippen LogP contribution in [-0.4, -0.2) is 39.2 Å². The van der Waals surface area contributed by atoms with E-state index in [9.17, 15) is 4.79 Å². The van der Waals surface area contributed by atoms with Gasteiger partial charge in [-0.2, -0.15) is 5.10 Å². The minimum absolute atomic E-state index is 0.144. The summed E-state index contributed by atoms with van der Waals surface area (Å²) < 4.78 is 8.66. The molecule has 4 aromatic rings. The highest BCUT2D eigenvalue weighted by atomic mass is 79.9. The number of ether oxygens (including phenoxy) is 1. The predicted octanol–water partition coefficient (Wildman–Crippen LogP) is 6.51. The van der Waals surface area contributed by atoms with Crippen LogP contribution >= 0.6 is 27.7 Å². The van der Waals surface area contributed by atoms with Gasteiger partial charge in [0.25, 0.3) is 5.91 Å². The maximum Gasteiger partial charge on any atom is 0.250 e. The number of rotatable bonds is 12. The average molecular weight is 579 g/mol. The number of carbonyl (C=O) groups excluding carboxylic acids is 1. The van der Waals surface area contributed by atoms with Crippen molar-refractivity contribution in [2.24, 2.45) is 5.10 Å². The van der Waals surface area contributed by atoms with E-state index in [1.54, 1.807) is 6.21 Å². The van der Waals surface area contributed by atoms with Gasteiger partial charge >= 0.3 is 0 Å². The van der Waals surface area contributed by atoms with E-state index in [-0.39, 0.29) is 11.7 Å². The van der Waals surface area contributed by atoms with E-state index >= 15 is 0 Å². The molecule has 37 heavy (non-hydrogen) atoms. The molecule has 0 unspecified atom stereocenters. The van der Waals surface area contributed by atoms with Crippen molar-refractivity contribution in [2.75, 3.05) is 12.4 Å². The summed E-state index contributed by atoms with van der Waals surface area (Å²) in [6.45, 7) is 2.89. The smallest absolute Gasteiger partial charge is 0.250 e. The second-order valence-electron chi connectivity index (χ2n) is 8.19. The zero-order valence-electron chi connectivity index (χ0n) is 20.5. The molecular weight excluding hydrogens is 550 g/mol. The fourth-order valence-electron chi connectivity index (χ4n) is 3.49. The minimum atomic E-state index is -0.233. The van der Waals surface area contributed by atoms with Crippen molar-refractivity contribution in [1.29, 1.82) is 0 Å². The number of benzene rings is 3. The van der Waals surface area contributed by atoms with Gasteiger partial charge in [-0.25, -0.2) is 5.43 Å². The molecule has 0 fully saturated rings. The molecule has 0 spiro atoms. The van der Waals surface area contributed by atoms with Crippen LogP contribution in [0.1, 0.15) is 31.7 Å². The molecule has 0 saturated carbocycles. The van der Waals surface area contributed by atoms with Crippen LogP contribution in [0.3, 0.4) is 0 Å². The standard InChI is InChI=1S/C28H28BrN5O2S/c1-2-3-7-18-36-25-16-10-21(11-17-25)19-30-31-26(35)20-37-28-33-32-27(22-8-5-4-6-9-22)34(28)24-14-12-23(29)13-15-24/h4-6,8-17,19H,2-3,7,18,20H2,1H3,(H,31,35)/b30-19+. The molecule has 3 aromatic carbocycles. The van der Waals surface area contributed by atoms with Gasteiger partial charge in [0.1, 0.15) is 5.75 Å². The lowest BCUT2D eigenvalue weighted by Gasteiger charge is -2.10. The number of unbranched alkanes of at least 4 members (excludes halogenated alkanes) is 2. The first kappa shape index (κ1) is 26.6. The van der Waals surface area contributed by atoms with Crippen molar-refractivity contribution in [1.82, 2.24) is 20.2 Å². The van der Waals surface area contributed by atoms with Gasteiger partial charge in [0.2, 0.25) is 0 Å². The van der Waals surface area contributed by atoms with Crippen LogP contribution < -0.4 is 10.2 Å². The Morgan fingerprint density at radius 2 is 1.78 bits per heavy atom. The number of nitrogens with one attached hydrogen (secondary N) is 1. The molecule has 0 aliphatic carbocycles. The Labute approximate surface area is 229 Å². The summed E-state index contributed by atoms with van der Waals surface area (Å²) in [4.78, 5) is 12.5. The Bertz CT molecular complexity index is 1310. The lowest BCUT2D eigenvalue weighted by Crippen LogP contribution is -2.20. The molecule has 1 amide bonds. The molecule has 0 aliphatic heterocycles. The van der Waals surface area contributed by atoms with E-state index in [4.69, 9.17) is 4.74 Å². The number of aromatic nitrogens is 3. The van der Waals surface area contributed by atoms with Crippen molar-refractivity contribution < 1.29 is 9.53 Å². The van der Waals surface area contributed by atoms with Crippen molar-refractivity contribution in [3.8, 4) is 22.8 Å². The fraction of sp³-hybridized carbons (Fsp3) is 0.214. The van der Waals surface area contributed by atoms with E-state index in [0.717, 1.165) is 40.1 Å². The Hall–Kier alpha value is -3.43. The normalized spacial score (nSPS) is 11.1. The fourth-order valence-corrected chi connectivity index (χ4v) is 4.50. The van der Waals surface area contributed by atoms with Gasteiger partial charge in [-0.05, 0) is 60.5 Å². The molecule has 7 nitrogen and oxygen atoms in total. The summed E-state index contributed by atoms with van der Waals surface area (Å²) in [6, 6.07) is 25.4. The molecule has 1 heterocycles. The summed E-state index contributed by atoms with van der Waals surface area (Å²) in [5.74, 6) is 1.45. The Morgan fingerprint density at radius 1 is 1.03 bits per heavy atom. The molecule has 0 aliphatic rings. The van der Waals surface area contributed by atoms with Crippen LogP contribution in [0.5, 0.6) is 5.75 Å². The van der Waals surface area contributed by atoms with Crippen LogP contribution in [0.2, 0.25) is 0 Å². The van der Waals surface area contributed by atoms with Crippen molar-refractivity contribution in [3.63, 3.8) is 0 Å². The second kappa shape index (κ2) is 13.8. The number of nitrogens with zero attached hydrogens (tertiary/aromatic N) is 4. The van der Waals surface area contributed by atoms with E-state index < -0.39 is 0 Å². The SMILES string of the molecule is CCCCCOc1ccc(/C=N/NC(=O)CSc2nnc(-c3ccccc3)n2-c2ccc(Br)cc2)cc1. The molecule has 9 heteroatoms. The monoisotopic (exact) mass is 577 g/mol. The van der Waals surface area contributed by atoms with Gasteiger partial charge in [0.05, 0.1) is 18.6 Å². The minimum Gasteiger partial charge on any atom is -0.494 e. The maximum atomic E-state index is 12.5. The van der Waals surface area contributed by atoms with E-state index in [2.05, 4.69) is 43.6 Å². The van der Waals surface area contributed by atoms with Crippen LogP contribution in [0.25, 0.3) is 17.1 Å². The summed E-state index contributed by atoms with van der Waals surface area (Å²) in [5, 5.41) is 13.5. The molecule has 0 atom stereocenters. The van der Waals surface area contributed by atoms with Crippen LogP contribution in [0.15, 0.2) is 93.6 Å². The zero-order valence-corrected chi connectivity index (χ0v) is 22.9. The lowest BCUT2D eigenvalue weighted by molar-refractivity contribution is -0.118. The third kappa shape index (κ3) is 7.77. The number of amides is 1. The Balaban J connectivity index is 1.36. The van der Waals surface area contributed by atoms with Crippen molar-refractivity contribution in [3.05, 3.63) is 88.9 Å². The molecular formula is C28H28BrN5O2S. The highest BCUT2D eigenvalue weighted by Gasteiger charge is 2.17. The van der Waals surface area contributed by atoms with Crippen molar-refractivity contribution in [2.45, 2.75) is 31.3 Å². The van der Waals surface area contributed by atoms with Gasteiger partial charge in [-0.1, -0.05) is 77.8 Å². The van der Waals surface area contributed by atoms with Crippen molar-refractivity contribution >= 4 is 39.8 Å². The number of carbonyl (C=O) groups is 1. The number of thioether (sulfide) groups is 1. The first-order chi connectivity index (χ1) is 18.1. The molecule has 0 saturated heterocycles. The summed E-state index contributed by atoms with van der Waals surface area (Å²) >= 11 is 4.79. The molecule has 0 radical (unpaired) electrons. The third-order valence-corrected chi connectivity index (χ3v) is 6.84. The molecule has 0 bridgehead atoms. The number of hydrogen-bond acceptors (Lipinski definition) is 6. The largest absolute Gasteiger partial charge is 0.494 e. The maximum absolute atomic E-state index is 12.5. The van der Waals surface area contributed by atoms with Gasteiger partial charge in [0, 0.05) is 15.7 Å². The number of hydrazone groups is 1. The quantitative estimate of drug-likeness (QED) is 0.0898. The predicted molar refractivity (Wildman–Crippen MR) is 152 cm³/mol. The highest BCUT2D eigenvalue weighted by Crippen LogP contribution is 2.28. The van der Waals surface area contributed by atoms with Crippen LogP contribution in [0.4, 0.5) is 0 Å². The first-order valence-electron chi connectivity index (χ1n) is 12.1. The van der Waals surface area contributed by atoms with Crippen LogP contribution in [0, 0.1) is 0 Å².